The van der Waals surface area contributed by atoms with Gasteiger partial charge in [0.25, 0.3) is 0 Å². The van der Waals surface area contributed by atoms with Crippen LogP contribution in [0.5, 0.6) is 0 Å². The van der Waals surface area contributed by atoms with E-state index < -0.39 is 0 Å². The third-order valence-electron chi connectivity index (χ3n) is 2.12. The Labute approximate surface area is 131 Å². The maximum absolute atomic E-state index is 4.54. The zero-order valence-corrected chi connectivity index (χ0v) is 14.4. The molecular weight excluding hydrogens is 357 g/mol. The first-order valence-corrected chi connectivity index (χ1v) is 6.86. The minimum absolute atomic E-state index is 0. The lowest BCUT2D eigenvalue weighted by Crippen LogP contribution is -2.36. The lowest BCUT2D eigenvalue weighted by Gasteiger charge is -2.16. The highest BCUT2D eigenvalue weighted by Gasteiger charge is 1.98. The quantitative estimate of drug-likeness (QED) is 0.280. The van der Waals surface area contributed by atoms with E-state index >= 15 is 0 Å². The Morgan fingerprint density at radius 2 is 1.94 bits per heavy atom. The largest absolute Gasteiger partial charge is 0.357 e. The molecule has 0 saturated heterocycles. The standard InChI is InChI=1S/C13H21N3S.HI/c1-4-14-13(16(2)3)15-10-11-17-12-8-6-5-7-9-12;/h5-9H,4,10-11H2,1-3H3,(H,14,15);1H. The van der Waals surface area contributed by atoms with Gasteiger partial charge in [0.2, 0.25) is 0 Å². The highest BCUT2D eigenvalue weighted by molar-refractivity contribution is 14.0. The number of nitrogens with zero attached hydrogens (tertiary/aromatic N) is 2. The fourth-order valence-corrected chi connectivity index (χ4v) is 2.11. The molecule has 5 heteroatoms. The molecule has 0 spiro atoms. The van der Waals surface area contributed by atoms with Crippen LogP contribution < -0.4 is 5.32 Å². The smallest absolute Gasteiger partial charge is 0.193 e. The van der Waals surface area contributed by atoms with Crippen molar-refractivity contribution in [1.82, 2.24) is 10.2 Å². The molecule has 0 radical (unpaired) electrons. The van der Waals surface area contributed by atoms with Crippen LogP contribution in [-0.2, 0) is 0 Å². The van der Waals surface area contributed by atoms with Gasteiger partial charge in [-0.1, -0.05) is 18.2 Å². The van der Waals surface area contributed by atoms with Gasteiger partial charge >= 0.3 is 0 Å². The third-order valence-corrected chi connectivity index (χ3v) is 3.12. The summed E-state index contributed by atoms with van der Waals surface area (Å²) < 4.78 is 0. The fraction of sp³-hybridized carbons (Fsp3) is 0.462. The molecule has 0 heterocycles. The van der Waals surface area contributed by atoms with Gasteiger partial charge in [-0.3, -0.25) is 4.99 Å². The van der Waals surface area contributed by atoms with Crippen LogP contribution in [-0.4, -0.2) is 43.8 Å². The van der Waals surface area contributed by atoms with Gasteiger partial charge in [0, 0.05) is 31.3 Å². The van der Waals surface area contributed by atoms with E-state index in [0.29, 0.717) is 0 Å². The predicted octanol–water partition coefficient (Wildman–Crippen LogP) is 2.92. The minimum atomic E-state index is 0. The van der Waals surface area contributed by atoms with Crippen LogP contribution in [0.4, 0.5) is 0 Å². The Bertz CT molecular complexity index is 341. The van der Waals surface area contributed by atoms with E-state index in [0.717, 1.165) is 24.8 Å². The number of rotatable bonds is 5. The van der Waals surface area contributed by atoms with Crippen molar-refractivity contribution in [2.24, 2.45) is 4.99 Å². The second kappa shape index (κ2) is 10.5. The molecule has 0 aliphatic carbocycles. The van der Waals surface area contributed by atoms with E-state index in [1.54, 1.807) is 0 Å². The van der Waals surface area contributed by atoms with Gasteiger partial charge in [-0.2, -0.15) is 0 Å². The second-order valence-electron chi connectivity index (χ2n) is 3.79. The van der Waals surface area contributed by atoms with E-state index in [-0.39, 0.29) is 24.0 Å². The van der Waals surface area contributed by atoms with E-state index in [1.165, 1.54) is 4.90 Å². The summed E-state index contributed by atoms with van der Waals surface area (Å²) in [6, 6.07) is 10.4. The Kier molecular flexibility index (Phi) is 10.2. The van der Waals surface area contributed by atoms with E-state index in [4.69, 9.17) is 0 Å². The van der Waals surface area contributed by atoms with Crippen LogP contribution >= 0.6 is 35.7 Å². The first-order chi connectivity index (χ1) is 8.24. The van der Waals surface area contributed by atoms with Crippen molar-refractivity contribution in [2.45, 2.75) is 11.8 Å². The number of guanidine groups is 1. The zero-order valence-electron chi connectivity index (χ0n) is 11.2. The summed E-state index contributed by atoms with van der Waals surface area (Å²) in [6.07, 6.45) is 0. The van der Waals surface area contributed by atoms with Crippen molar-refractivity contribution in [3.8, 4) is 0 Å². The van der Waals surface area contributed by atoms with Gasteiger partial charge < -0.3 is 10.2 Å². The third kappa shape index (κ3) is 7.10. The Morgan fingerprint density at radius 1 is 1.28 bits per heavy atom. The number of nitrogens with one attached hydrogen (secondary N) is 1. The first kappa shape index (κ1) is 17.6. The van der Waals surface area contributed by atoms with Gasteiger partial charge in [-0.15, -0.1) is 35.7 Å². The molecule has 18 heavy (non-hydrogen) atoms. The second-order valence-corrected chi connectivity index (χ2v) is 4.96. The van der Waals surface area contributed by atoms with Crippen LogP contribution in [0.25, 0.3) is 0 Å². The number of benzene rings is 1. The SMILES string of the molecule is CCNC(=NCCSc1ccccc1)N(C)C.I. The van der Waals surface area contributed by atoms with Crippen LogP contribution in [0.3, 0.4) is 0 Å². The Hall–Kier alpha value is -0.430. The maximum atomic E-state index is 4.54. The van der Waals surface area contributed by atoms with Gasteiger partial charge in [0.1, 0.15) is 0 Å². The van der Waals surface area contributed by atoms with E-state index in [2.05, 4.69) is 41.5 Å². The van der Waals surface area contributed by atoms with Crippen molar-refractivity contribution in [3.05, 3.63) is 30.3 Å². The first-order valence-electron chi connectivity index (χ1n) is 5.87. The normalized spacial score (nSPS) is 10.7. The molecule has 1 aromatic carbocycles. The van der Waals surface area contributed by atoms with Crippen molar-refractivity contribution >= 4 is 41.7 Å². The summed E-state index contributed by atoms with van der Waals surface area (Å²) in [5.41, 5.74) is 0. The fourth-order valence-electron chi connectivity index (χ4n) is 1.35. The maximum Gasteiger partial charge on any atom is 0.193 e. The molecule has 1 N–H and O–H groups in total. The molecule has 102 valence electrons. The molecule has 1 aromatic rings. The molecule has 1 rings (SSSR count). The van der Waals surface area contributed by atoms with Crippen molar-refractivity contribution < 1.29 is 0 Å². The predicted molar refractivity (Wildman–Crippen MR) is 92.2 cm³/mol. The molecule has 0 fully saturated rings. The Balaban J connectivity index is 0.00000289. The molecule has 0 bridgehead atoms. The van der Waals surface area contributed by atoms with E-state index in [9.17, 15) is 0 Å². The van der Waals surface area contributed by atoms with Gasteiger partial charge in [-0.25, -0.2) is 0 Å². The lowest BCUT2D eigenvalue weighted by atomic mass is 10.4. The average Bonchev–Trinajstić information content (AvgIpc) is 2.34. The zero-order chi connectivity index (χ0) is 12.5. The highest BCUT2D eigenvalue weighted by Crippen LogP contribution is 2.16. The molecule has 0 aliphatic heterocycles. The summed E-state index contributed by atoms with van der Waals surface area (Å²) in [5.74, 6) is 1.97. The van der Waals surface area contributed by atoms with Gasteiger partial charge in [0.05, 0.1) is 6.54 Å². The highest BCUT2D eigenvalue weighted by atomic mass is 127. The molecular formula is C13H22IN3S. The lowest BCUT2D eigenvalue weighted by molar-refractivity contribution is 0.585. The summed E-state index contributed by atoms with van der Waals surface area (Å²) in [6.45, 7) is 3.82. The Morgan fingerprint density at radius 3 is 2.50 bits per heavy atom. The number of thioether (sulfide) groups is 1. The monoisotopic (exact) mass is 379 g/mol. The molecule has 0 atom stereocenters. The molecule has 0 amide bonds. The summed E-state index contributed by atoms with van der Waals surface area (Å²) in [5, 5.41) is 3.25. The van der Waals surface area contributed by atoms with Gasteiger partial charge in [-0.05, 0) is 19.1 Å². The molecule has 0 aliphatic rings. The molecule has 0 saturated carbocycles. The summed E-state index contributed by atoms with van der Waals surface area (Å²) in [7, 11) is 4.01. The van der Waals surface area contributed by atoms with Gasteiger partial charge in [0.15, 0.2) is 5.96 Å². The van der Waals surface area contributed by atoms with Crippen molar-refractivity contribution in [3.63, 3.8) is 0 Å². The van der Waals surface area contributed by atoms with Crippen LogP contribution in [0.2, 0.25) is 0 Å². The minimum Gasteiger partial charge on any atom is -0.357 e. The molecule has 0 aromatic heterocycles. The number of hydrogen-bond acceptors (Lipinski definition) is 2. The van der Waals surface area contributed by atoms with E-state index in [1.807, 2.05) is 36.8 Å². The summed E-state index contributed by atoms with van der Waals surface area (Å²) in [4.78, 5) is 7.85. The van der Waals surface area contributed by atoms with Crippen LogP contribution in [0.15, 0.2) is 40.2 Å². The van der Waals surface area contributed by atoms with Crippen LogP contribution in [0, 0.1) is 0 Å². The molecule has 3 nitrogen and oxygen atoms in total. The average molecular weight is 379 g/mol. The molecule has 0 unspecified atom stereocenters. The number of halogens is 1. The van der Waals surface area contributed by atoms with Crippen molar-refractivity contribution in [1.29, 1.82) is 0 Å². The van der Waals surface area contributed by atoms with Crippen LogP contribution in [0.1, 0.15) is 6.92 Å². The number of aliphatic imine (C=N–C) groups is 1. The van der Waals surface area contributed by atoms with Crippen molar-refractivity contribution in [2.75, 3.05) is 32.9 Å². The topological polar surface area (TPSA) is 27.6 Å². The number of hydrogen-bond donors (Lipinski definition) is 1. The summed E-state index contributed by atoms with van der Waals surface area (Å²) >= 11 is 1.84.